The molecule has 3 N–H and O–H groups in total. The van der Waals surface area contributed by atoms with Crippen LogP contribution < -0.4 is 5.73 Å². The lowest BCUT2D eigenvalue weighted by Crippen LogP contribution is -2.20. The molecule has 1 fully saturated rings. The van der Waals surface area contributed by atoms with Crippen molar-refractivity contribution in [3.63, 3.8) is 0 Å². The molecular weight excluding hydrogens is 198 g/mol. The fraction of sp³-hybridized carbons (Fsp3) is 0.462. The number of nitrogens with zero attached hydrogens (tertiary/aromatic N) is 1. The van der Waals surface area contributed by atoms with Crippen molar-refractivity contribution in [1.29, 1.82) is 5.41 Å². The second kappa shape index (κ2) is 4.66. The van der Waals surface area contributed by atoms with Crippen LogP contribution in [0.3, 0.4) is 0 Å². The lowest BCUT2D eigenvalue weighted by Gasteiger charge is -2.15. The number of rotatable bonds is 3. The van der Waals surface area contributed by atoms with Gasteiger partial charge in [0.1, 0.15) is 5.84 Å². The molecule has 1 atom stereocenters. The summed E-state index contributed by atoms with van der Waals surface area (Å²) in [6, 6.07) is 7.99. The number of hydrogen-bond donors (Lipinski definition) is 2. The van der Waals surface area contributed by atoms with Crippen molar-refractivity contribution in [3.05, 3.63) is 35.4 Å². The van der Waals surface area contributed by atoms with E-state index in [4.69, 9.17) is 11.1 Å². The van der Waals surface area contributed by atoms with Crippen molar-refractivity contribution in [2.24, 2.45) is 11.7 Å². The average Bonchev–Trinajstić information content (AvgIpc) is 2.64. The van der Waals surface area contributed by atoms with Gasteiger partial charge in [0.05, 0.1) is 0 Å². The van der Waals surface area contributed by atoms with Gasteiger partial charge in [-0.15, -0.1) is 0 Å². The number of benzene rings is 1. The van der Waals surface area contributed by atoms with Crippen molar-refractivity contribution in [1.82, 2.24) is 4.90 Å². The number of hydrogen-bond acceptors (Lipinski definition) is 2. The van der Waals surface area contributed by atoms with E-state index >= 15 is 0 Å². The van der Waals surface area contributed by atoms with E-state index in [1.54, 1.807) is 0 Å². The Morgan fingerprint density at radius 2 is 2.38 bits per heavy atom. The third-order valence-corrected chi connectivity index (χ3v) is 3.15. The van der Waals surface area contributed by atoms with Crippen molar-refractivity contribution in [3.8, 4) is 0 Å². The summed E-state index contributed by atoms with van der Waals surface area (Å²) in [6.07, 6.45) is 1.30. The van der Waals surface area contributed by atoms with Gasteiger partial charge in [-0.1, -0.05) is 25.1 Å². The molecule has 1 aliphatic rings. The summed E-state index contributed by atoms with van der Waals surface area (Å²) >= 11 is 0. The Morgan fingerprint density at radius 1 is 1.56 bits per heavy atom. The fourth-order valence-electron chi connectivity index (χ4n) is 2.27. The molecule has 1 aliphatic heterocycles. The Labute approximate surface area is 96.8 Å². The quantitative estimate of drug-likeness (QED) is 0.599. The maximum atomic E-state index is 7.41. The van der Waals surface area contributed by atoms with Gasteiger partial charge >= 0.3 is 0 Å². The summed E-state index contributed by atoms with van der Waals surface area (Å²) in [6.45, 7) is 5.65. The van der Waals surface area contributed by atoms with Crippen molar-refractivity contribution >= 4 is 5.84 Å². The number of nitrogen functional groups attached to an aromatic ring is 1. The average molecular weight is 217 g/mol. The zero-order valence-electron chi connectivity index (χ0n) is 9.74. The van der Waals surface area contributed by atoms with Crippen LogP contribution in [0.1, 0.15) is 24.5 Å². The van der Waals surface area contributed by atoms with Gasteiger partial charge in [-0.05, 0) is 30.5 Å². The van der Waals surface area contributed by atoms with Crippen LogP contribution in [0, 0.1) is 11.3 Å². The molecule has 0 spiro atoms. The van der Waals surface area contributed by atoms with E-state index in [-0.39, 0.29) is 5.84 Å². The smallest absolute Gasteiger partial charge is 0.122 e. The largest absolute Gasteiger partial charge is 0.384 e. The molecule has 1 aromatic carbocycles. The molecule has 0 aliphatic carbocycles. The molecular formula is C13H19N3. The van der Waals surface area contributed by atoms with Gasteiger partial charge in [0, 0.05) is 18.7 Å². The minimum atomic E-state index is 0.150. The highest BCUT2D eigenvalue weighted by Gasteiger charge is 2.18. The van der Waals surface area contributed by atoms with Gasteiger partial charge in [0.2, 0.25) is 0 Å². The molecule has 1 saturated heterocycles. The number of nitrogens with one attached hydrogen (secondary N) is 1. The van der Waals surface area contributed by atoms with E-state index in [1.165, 1.54) is 25.1 Å². The molecule has 1 aromatic rings. The van der Waals surface area contributed by atoms with Gasteiger partial charge in [-0.3, -0.25) is 10.3 Å². The zero-order chi connectivity index (χ0) is 11.5. The molecule has 86 valence electrons. The number of likely N-dealkylation sites (tertiary alicyclic amines) is 1. The predicted octanol–water partition coefficient (Wildman–Crippen LogP) is 1.81. The first-order valence-corrected chi connectivity index (χ1v) is 5.81. The normalized spacial score (nSPS) is 21.2. The van der Waals surface area contributed by atoms with Crippen LogP contribution in [0.2, 0.25) is 0 Å². The molecule has 0 amide bonds. The molecule has 1 heterocycles. The molecule has 16 heavy (non-hydrogen) atoms. The van der Waals surface area contributed by atoms with Crippen LogP contribution in [-0.4, -0.2) is 23.8 Å². The molecule has 0 saturated carbocycles. The van der Waals surface area contributed by atoms with Crippen molar-refractivity contribution in [2.75, 3.05) is 13.1 Å². The molecule has 3 heteroatoms. The standard InChI is InChI=1S/C13H19N3/c1-10-5-6-16(8-10)9-11-3-2-4-12(7-11)13(14)15/h2-4,7,10H,5-6,8-9H2,1H3,(H3,14,15). The topological polar surface area (TPSA) is 53.1 Å². The summed E-state index contributed by atoms with van der Waals surface area (Å²) in [7, 11) is 0. The van der Waals surface area contributed by atoms with E-state index in [2.05, 4.69) is 17.9 Å². The minimum Gasteiger partial charge on any atom is -0.384 e. The van der Waals surface area contributed by atoms with Crippen LogP contribution in [0.5, 0.6) is 0 Å². The van der Waals surface area contributed by atoms with Gasteiger partial charge in [0.25, 0.3) is 0 Å². The first-order valence-electron chi connectivity index (χ1n) is 5.81. The van der Waals surface area contributed by atoms with Crippen LogP contribution >= 0.6 is 0 Å². The second-order valence-electron chi connectivity index (χ2n) is 4.74. The third kappa shape index (κ3) is 2.61. The van der Waals surface area contributed by atoms with Crippen LogP contribution in [-0.2, 0) is 6.54 Å². The minimum absolute atomic E-state index is 0.150. The maximum Gasteiger partial charge on any atom is 0.122 e. The molecule has 1 unspecified atom stereocenters. The summed E-state index contributed by atoms with van der Waals surface area (Å²) in [5.74, 6) is 0.965. The Balaban J connectivity index is 2.04. The molecule has 0 aromatic heterocycles. The van der Waals surface area contributed by atoms with E-state index < -0.39 is 0 Å². The third-order valence-electron chi connectivity index (χ3n) is 3.15. The van der Waals surface area contributed by atoms with Gasteiger partial charge in [-0.25, -0.2) is 0 Å². The Morgan fingerprint density at radius 3 is 3.00 bits per heavy atom. The Kier molecular flexibility index (Phi) is 3.25. The SMILES string of the molecule is CC1CCN(Cc2cccc(C(=N)N)c2)C1. The summed E-state index contributed by atoms with van der Waals surface area (Å²) in [5.41, 5.74) is 7.56. The molecule has 0 bridgehead atoms. The number of amidine groups is 1. The highest BCUT2D eigenvalue weighted by atomic mass is 15.1. The van der Waals surface area contributed by atoms with Gasteiger partial charge < -0.3 is 5.73 Å². The van der Waals surface area contributed by atoms with Gasteiger partial charge in [0.15, 0.2) is 0 Å². The fourth-order valence-corrected chi connectivity index (χ4v) is 2.27. The monoisotopic (exact) mass is 217 g/mol. The van der Waals surface area contributed by atoms with Crippen LogP contribution in [0.25, 0.3) is 0 Å². The molecule has 0 radical (unpaired) electrons. The van der Waals surface area contributed by atoms with E-state index in [1.807, 2.05) is 18.2 Å². The Hall–Kier alpha value is -1.35. The number of nitrogens with two attached hydrogens (primary N) is 1. The first-order chi connectivity index (χ1) is 7.65. The van der Waals surface area contributed by atoms with Crippen LogP contribution in [0.4, 0.5) is 0 Å². The van der Waals surface area contributed by atoms with Crippen molar-refractivity contribution < 1.29 is 0 Å². The lowest BCUT2D eigenvalue weighted by molar-refractivity contribution is 0.320. The first kappa shape index (κ1) is 11.1. The predicted molar refractivity (Wildman–Crippen MR) is 66.5 cm³/mol. The van der Waals surface area contributed by atoms with E-state index in [0.717, 1.165) is 18.0 Å². The molecule has 3 nitrogen and oxygen atoms in total. The highest BCUT2D eigenvalue weighted by Crippen LogP contribution is 2.18. The van der Waals surface area contributed by atoms with Crippen molar-refractivity contribution in [2.45, 2.75) is 19.9 Å². The maximum absolute atomic E-state index is 7.41. The summed E-state index contributed by atoms with van der Waals surface area (Å²) < 4.78 is 0. The van der Waals surface area contributed by atoms with E-state index in [0.29, 0.717) is 0 Å². The van der Waals surface area contributed by atoms with Gasteiger partial charge in [-0.2, -0.15) is 0 Å². The summed E-state index contributed by atoms with van der Waals surface area (Å²) in [5, 5.41) is 7.41. The zero-order valence-corrected chi connectivity index (χ0v) is 9.74. The highest BCUT2D eigenvalue weighted by molar-refractivity contribution is 5.95. The summed E-state index contributed by atoms with van der Waals surface area (Å²) in [4.78, 5) is 2.46. The lowest BCUT2D eigenvalue weighted by atomic mass is 10.1. The van der Waals surface area contributed by atoms with Crippen LogP contribution in [0.15, 0.2) is 24.3 Å². The Bertz CT molecular complexity index is 387. The molecule has 2 rings (SSSR count). The second-order valence-corrected chi connectivity index (χ2v) is 4.74. The van der Waals surface area contributed by atoms with E-state index in [9.17, 15) is 0 Å².